The number of amides is 1. The number of carbonyl (C=O) groups excluding carboxylic acids is 1. The van der Waals surface area contributed by atoms with Gasteiger partial charge in [0.25, 0.3) is 0 Å². The molecule has 19 heavy (non-hydrogen) atoms. The van der Waals surface area contributed by atoms with Gasteiger partial charge in [0, 0.05) is 19.0 Å². The van der Waals surface area contributed by atoms with Crippen molar-refractivity contribution in [1.82, 2.24) is 4.90 Å². The predicted octanol–water partition coefficient (Wildman–Crippen LogP) is 1.96. The van der Waals surface area contributed by atoms with E-state index in [0.717, 1.165) is 12.8 Å². The highest BCUT2D eigenvalue weighted by atomic mass is 19.1. The highest BCUT2D eigenvalue weighted by Gasteiger charge is 2.37. The van der Waals surface area contributed by atoms with E-state index in [9.17, 15) is 9.18 Å². The van der Waals surface area contributed by atoms with Gasteiger partial charge in [-0.2, -0.15) is 0 Å². The molecule has 1 aromatic carbocycles. The Morgan fingerprint density at radius 1 is 1.47 bits per heavy atom. The van der Waals surface area contributed by atoms with Crippen molar-refractivity contribution in [2.45, 2.75) is 25.7 Å². The topological polar surface area (TPSA) is 46.3 Å². The monoisotopic (exact) mass is 264 g/mol. The first-order chi connectivity index (χ1) is 9.04. The Labute approximate surface area is 113 Å². The summed E-state index contributed by atoms with van der Waals surface area (Å²) in [4.78, 5) is 13.9. The number of likely N-dealkylation sites (N-methyl/N-ethyl adjacent to an activating group) is 1. The Hall–Kier alpha value is -1.42. The SMILES string of the molecule is CN(CC1(CN)CCC1)C(=O)Cc1cccc(F)c1. The standard InChI is InChI=1S/C15H21FN2O/c1-18(11-15(10-17)6-3-7-15)14(19)9-12-4-2-5-13(16)8-12/h2,4-5,8H,3,6-7,9-11,17H2,1H3. The van der Waals surface area contributed by atoms with Gasteiger partial charge in [-0.1, -0.05) is 18.6 Å². The molecule has 0 saturated heterocycles. The molecule has 1 aliphatic carbocycles. The minimum absolute atomic E-state index is 0.0188. The summed E-state index contributed by atoms with van der Waals surface area (Å²) < 4.78 is 13.1. The second kappa shape index (κ2) is 5.70. The largest absolute Gasteiger partial charge is 0.345 e. The molecule has 0 aliphatic heterocycles. The highest BCUT2D eigenvalue weighted by molar-refractivity contribution is 5.78. The van der Waals surface area contributed by atoms with Crippen LogP contribution in [0.3, 0.4) is 0 Å². The number of carbonyl (C=O) groups is 1. The second-order valence-corrected chi connectivity index (χ2v) is 5.61. The van der Waals surface area contributed by atoms with Crippen LogP contribution >= 0.6 is 0 Å². The van der Waals surface area contributed by atoms with Crippen LogP contribution in [0.4, 0.5) is 4.39 Å². The van der Waals surface area contributed by atoms with Crippen molar-refractivity contribution in [3.05, 3.63) is 35.6 Å². The summed E-state index contributed by atoms with van der Waals surface area (Å²) >= 11 is 0. The van der Waals surface area contributed by atoms with Gasteiger partial charge < -0.3 is 10.6 Å². The van der Waals surface area contributed by atoms with E-state index >= 15 is 0 Å². The fourth-order valence-electron chi connectivity index (χ4n) is 2.65. The lowest BCUT2D eigenvalue weighted by molar-refractivity contribution is -0.131. The summed E-state index contributed by atoms with van der Waals surface area (Å²) in [5.74, 6) is -0.282. The van der Waals surface area contributed by atoms with E-state index < -0.39 is 0 Å². The molecule has 0 unspecified atom stereocenters. The zero-order chi connectivity index (χ0) is 13.9. The first kappa shape index (κ1) is 14.0. The molecule has 1 aromatic rings. The molecule has 0 atom stereocenters. The quantitative estimate of drug-likeness (QED) is 0.883. The zero-order valence-corrected chi connectivity index (χ0v) is 11.4. The van der Waals surface area contributed by atoms with E-state index in [0.29, 0.717) is 18.7 Å². The number of halogens is 1. The third-order valence-corrected chi connectivity index (χ3v) is 4.09. The Bertz CT molecular complexity index is 452. The van der Waals surface area contributed by atoms with Gasteiger partial charge in [0.1, 0.15) is 5.82 Å². The minimum Gasteiger partial charge on any atom is -0.345 e. The van der Waals surface area contributed by atoms with Gasteiger partial charge in [0.15, 0.2) is 0 Å². The van der Waals surface area contributed by atoms with Crippen LogP contribution in [0.15, 0.2) is 24.3 Å². The lowest BCUT2D eigenvalue weighted by Gasteiger charge is -2.43. The van der Waals surface area contributed by atoms with Crippen LogP contribution in [0.25, 0.3) is 0 Å². The maximum absolute atomic E-state index is 13.1. The van der Waals surface area contributed by atoms with Crippen molar-refractivity contribution in [3.63, 3.8) is 0 Å². The van der Waals surface area contributed by atoms with Gasteiger partial charge in [0.05, 0.1) is 6.42 Å². The number of benzene rings is 1. The van der Waals surface area contributed by atoms with Crippen LogP contribution in [-0.2, 0) is 11.2 Å². The van der Waals surface area contributed by atoms with Crippen LogP contribution in [0.5, 0.6) is 0 Å². The van der Waals surface area contributed by atoms with Crippen LogP contribution in [-0.4, -0.2) is 30.9 Å². The second-order valence-electron chi connectivity index (χ2n) is 5.61. The molecule has 0 aromatic heterocycles. The van der Waals surface area contributed by atoms with E-state index in [1.807, 2.05) is 0 Å². The lowest BCUT2D eigenvalue weighted by Crippen LogP contribution is -2.47. The molecule has 0 radical (unpaired) electrons. The summed E-state index contributed by atoms with van der Waals surface area (Å²) in [6.07, 6.45) is 3.64. The number of hydrogen-bond donors (Lipinski definition) is 1. The van der Waals surface area contributed by atoms with Crippen LogP contribution in [0.1, 0.15) is 24.8 Å². The molecule has 2 N–H and O–H groups in total. The number of hydrogen-bond acceptors (Lipinski definition) is 2. The fourth-order valence-corrected chi connectivity index (χ4v) is 2.65. The average Bonchev–Trinajstić information content (AvgIpc) is 2.33. The first-order valence-electron chi connectivity index (χ1n) is 6.73. The Kier molecular flexibility index (Phi) is 4.20. The average molecular weight is 264 g/mol. The van der Waals surface area contributed by atoms with Crippen molar-refractivity contribution >= 4 is 5.91 Å². The molecule has 0 bridgehead atoms. The van der Waals surface area contributed by atoms with Crippen molar-refractivity contribution in [2.24, 2.45) is 11.1 Å². The van der Waals surface area contributed by atoms with E-state index in [1.54, 1.807) is 24.1 Å². The van der Waals surface area contributed by atoms with Crippen LogP contribution in [0.2, 0.25) is 0 Å². The molecule has 0 heterocycles. The zero-order valence-electron chi connectivity index (χ0n) is 11.4. The summed E-state index contributed by atoms with van der Waals surface area (Å²) in [7, 11) is 1.80. The minimum atomic E-state index is -0.301. The number of nitrogens with two attached hydrogens (primary N) is 1. The number of rotatable bonds is 5. The van der Waals surface area contributed by atoms with Crippen molar-refractivity contribution in [3.8, 4) is 0 Å². The Balaban J connectivity index is 1.92. The molecule has 4 heteroatoms. The van der Waals surface area contributed by atoms with Gasteiger partial charge in [-0.25, -0.2) is 4.39 Å². The summed E-state index contributed by atoms with van der Waals surface area (Å²) in [6.45, 7) is 1.34. The van der Waals surface area contributed by atoms with Crippen LogP contribution < -0.4 is 5.73 Å². The number of nitrogens with zero attached hydrogens (tertiary/aromatic N) is 1. The molecule has 1 aliphatic rings. The van der Waals surface area contributed by atoms with E-state index in [1.165, 1.54) is 18.6 Å². The summed E-state index contributed by atoms with van der Waals surface area (Å²) in [6, 6.07) is 6.20. The van der Waals surface area contributed by atoms with Crippen molar-refractivity contribution in [2.75, 3.05) is 20.1 Å². The highest BCUT2D eigenvalue weighted by Crippen LogP contribution is 2.40. The third-order valence-electron chi connectivity index (χ3n) is 4.09. The molecule has 1 fully saturated rings. The molecule has 0 spiro atoms. The molecule has 104 valence electrons. The maximum atomic E-state index is 13.1. The molecule has 1 saturated carbocycles. The summed E-state index contributed by atoms with van der Waals surface area (Å²) in [5.41, 5.74) is 6.63. The molecule has 3 nitrogen and oxygen atoms in total. The normalized spacial score (nSPS) is 16.8. The first-order valence-corrected chi connectivity index (χ1v) is 6.73. The molecule has 1 amide bonds. The molecule has 2 rings (SSSR count). The summed E-state index contributed by atoms with van der Waals surface area (Å²) in [5, 5.41) is 0. The molecular formula is C15H21FN2O. The van der Waals surface area contributed by atoms with E-state index in [4.69, 9.17) is 5.73 Å². The third kappa shape index (κ3) is 3.32. The lowest BCUT2D eigenvalue weighted by atomic mass is 9.68. The van der Waals surface area contributed by atoms with E-state index in [-0.39, 0.29) is 23.6 Å². The van der Waals surface area contributed by atoms with Crippen LogP contribution in [0, 0.1) is 11.2 Å². The Morgan fingerprint density at radius 2 is 2.21 bits per heavy atom. The van der Waals surface area contributed by atoms with Crippen molar-refractivity contribution in [1.29, 1.82) is 0 Å². The smallest absolute Gasteiger partial charge is 0.226 e. The van der Waals surface area contributed by atoms with Gasteiger partial charge in [-0.15, -0.1) is 0 Å². The van der Waals surface area contributed by atoms with Gasteiger partial charge in [0.2, 0.25) is 5.91 Å². The van der Waals surface area contributed by atoms with E-state index in [2.05, 4.69) is 0 Å². The molecular weight excluding hydrogens is 243 g/mol. The maximum Gasteiger partial charge on any atom is 0.226 e. The van der Waals surface area contributed by atoms with Gasteiger partial charge >= 0.3 is 0 Å². The van der Waals surface area contributed by atoms with Gasteiger partial charge in [-0.05, 0) is 37.1 Å². The van der Waals surface area contributed by atoms with Gasteiger partial charge in [-0.3, -0.25) is 4.79 Å². The predicted molar refractivity (Wildman–Crippen MR) is 73.1 cm³/mol. The Morgan fingerprint density at radius 3 is 2.74 bits per heavy atom. The van der Waals surface area contributed by atoms with Crippen molar-refractivity contribution < 1.29 is 9.18 Å². The fraction of sp³-hybridized carbons (Fsp3) is 0.533.